The normalized spacial score (nSPS) is 15.9. The van der Waals surface area contributed by atoms with E-state index in [0.717, 1.165) is 29.6 Å². The van der Waals surface area contributed by atoms with E-state index in [1.807, 2.05) is 30.3 Å². The van der Waals surface area contributed by atoms with Gasteiger partial charge in [0.2, 0.25) is 0 Å². The number of fused-ring (bicyclic) bond motifs is 1. The SMILES string of the molecule is CN1CCC(CCCn2c(COc3ccc(Cl)cc3)nc3ccccc32)CC1. The number of nitrogens with zero attached hydrogens (tertiary/aromatic N) is 3. The van der Waals surface area contributed by atoms with Gasteiger partial charge in [0.1, 0.15) is 18.2 Å². The summed E-state index contributed by atoms with van der Waals surface area (Å²) in [6, 6.07) is 15.9. The van der Waals surface area contributed by atoms with Crippen LogP contribution in [0.15, 0.2) is 48.5 Å². The number of benzene rings is 2. The van der Waals surface area contributed by atoms with Crippen molar-refractivity contribution >= 4 is 22.6 Å². The molecule has 2 heterocycles. The van der Waals surface area contributed by atoms with Gasteiger partial charge in [-0.05, 0) is 88.1 Å². The monoisotopic (exact) mass is 397 g/mol. The van der Waals surface area contributed by atoms with Crippen LogP contribution >= 0.6 is 11.6 Å². The Kier molecular flexibility index (Phi) is 6.18. The van der Waals surface area contributed by atoms with E-state index in [-0.39, 0.29) is 0 Å². The summed E-state index contributed by atoms with van der Waals surface area (Å²) in [4.78, 5) is 7.26. The van der Waals surface area contributed by atoms with Crippen LogP contribution in [0, 0.1) is 5.92 Å². The molecule has 1 aliphatic heterocycles. The van der Waals surface area contributed by atoms with Gasteiger partial charge in [-0.15, -0.1) is 0 Å². The van der Waals surface area contributed by atoms with Crippen LogP contribution in [-0.4, -0.2) is 34.6 Å². The molecule has 28 heavy (non-hydrogen) atoms. The molecule has 0 bridgehead atoms. The van der Waals surface area contributed by atoms with Crippen molar-refractivity contribution in [2.75, 3.05) is 20.1 Å². The van der Waals surface area contributed by atoms with Crippen LogP contribution < -0.4 is 4.74 Å². The lowest BCUT2D eigenvalue weighted by molar-refractivity contribution is 0.208. The summed E-state index contributed by atoms with van der Waals surface area (Å²) in [5, 5.41) is 0.716. The van der Waals surface area contributed by atoms with Crippen LogP contribution in [0.3, 0.4) is 0 Å². The molecular weight excluding hydrogens is 370 g/mol. The predicted octanol–water partition coefficient (Wildman–Crippen LogP) is 5.39. The number of halogens is 1. The van der Waals surface area contributed by atoms with E-state index in [0.29, 0.717) is 11.6 Å². The minimum Gasteiger partial charge on any atom is -0.486 e. The van der Waals surface area contributed by atoms with Crippen molar-refractivity contribution in [3.8, 4) is 5.75 Å². The van der Waals surface area contributed by atoms with E-state index in [9.17, 15) is 0 Å². The summed E-state index contributed by atoms with van der Waals surface area (Å²) in [5.41, 5.74) is 2.23. The second-order valence-electron chi connectivity index (χ2n) is 7.80. The van der Waals surface area contributed by atoms with Gasteiger partial charge in [0.15, 0.2) is 0 Å². The minimum atomic E-state index is 0.463. The quantitative estimate of drug-likeness (QED) is 0.535. The number of likely N-dealkylation sites (tertiary alicyclic amines) is 1. The molecule has 0 atom stereocenters. The number of aromatic nitrogens is 2. The zero-order valence-electron chi connectivity index (χ0n) is 16.5. The van der Waals surface area contributed by atoms with Gasteiger partial charge in [-0.1, -0.05) is 23.7 Å². The van der Waals surface area contributed by atoms with Crippen LogP contribution in [-0.2, 0) is 13.2 Å². The topological polar surface area (TPSA) is 30.3 Å². The zero-order chi connectivity index (χ0) is 19.3. The number of aryl methyl sites for hydroxylation is 1. The Labute approximate surface area is 172 Å². The number of para-hydroxylation sites is 2. The highest BCUT2D eigenvalue weighted by Crippen LogP contribution is 2.24. The summed E-state index contributed by atoms with van der Waals surface area (Å²) >= 11 is 5.96. The fourth-order valence-electron chi connectivity index (χ4n) is 4.05. The summed E-state index contributed by atoms with van der Waals surface area (Å²) in [6.07, 6.45) is 5.13. The molecule has 0 aliphatic carbocycles. The summed E-state index contributed by atoms with van der Waals surface area (Å²) < 4.78 is 8.31. The first-order valence-corrected chi connectivity index (χ1v) is 10.6. The Morgan fingerprint density at radius 1 is 1.07 bits per heavy atom. The molecule has 2 aromatic carbocycles. The number of hydrogen-bond donors (Lipinski definition) is 0. The molecule has 5 heteroatoms. The van der Waals surface area contributed by atoms with Gasteiger partial charge in [0.25, 0.3) is 0 Å². The predicted molar refractivity (Wildman–Crippen MR) is 115 cm³/mol. The fraction of sp³-hybridized carbons (Fsp3) is 0.435. The molecule has 3 aromatic rings. The lowest BCUT2D eigenvalue weighted by atomic mass is 9.92. The van der Waals surface area contributed by atoms with Crippen molar-refractivity contribution in [1.82, 2.24) is 14.5 Å². The van der Waals surface area contributed by atoms with Crippen molar-refractivity contribution in [2.45, 2.75) is 38.8 Å². The van der Waals surface area contributed by atoms with E-state index >= 15 is 0 Å². The molecule has 1 aliphatic rings. The summed E-state index contributed by atoms with van der Waals surface area (Å²) in [5.74, 6) is 2.66. The third kappa shape index (κ3) is 4.68. The Morgan fingerprint density at radius 3 is 2.61 bits per heavy atom. The molecule has 0 unspecified atom stereocenters. The second-order valence-corrected chi connectivity index (χ2v) is 8.24. The van der Waals surface area contributed by atoms with Crippen LogP contribution in [0.1, 0.15) is 31.5 Å². The van der Waals surface area contributed by atoms with E-state index < -0.39 is 0 Å². The van der Waals surface area contributed by atoms with Gasteiger partial charge in [0.05, 0.1) is 11.0 Å². The first-order chi connectivity index (χ1) is 13.7. The van der Waals surface area contributed by atoms with Gasteiger partial charge >= 0.3 is 0 Å². The van der Waals surface area contributed by atoms with Crippen molar-refractivity contribution in [1.29, 1.82) is 0 Å². The molecular formula is C23H28ClN3O. The average Bonchev–Trinajstić information content (AvgIpc) is 3.07. The van der Waals surface area contributed by atoms with Gasteiger partial charge in [-0.2, -0.15) is 0 Å². The highest BCUT2D eigenvalue weighted by Gasteiger charge is 2.17. The first-order valence-electron chi connectivity index (χ1n) is 10.2. The van der Waals surface area contributed by atoms with Crippen LogP contribution in [0.4, 0.5) is 0 Å². The van der Waals surface area contributed by atoms with E-state index in [4.69, 9.17) is 21.3 Å². The molecule has 4 rings (SSSR count). The zero-order valence-corrected chi connectivity index (χ0v) is 17.2. The molecule has 0 spiro atoms. The minimum absolute atomic E-state index is 0.463. The maximum atomic E-state index is 5.98. The standard InChI is InChI=1S/C23H28ClN3O/c1-26-15-12-18(13-16-26)5-4-14-27-22-7-3-2-6-21(22)25-23(27)17-28-20-10-8-19(24)9-11-20/h2-3,6-11,18H,4-5,12-17H2,1H3. The summed E-state index contributed by atoms with van der Waals surface area (Å²) in [6.45, 7) is 3.93. The third-order valence-electron chi connectivity index (χ3n) is 5.75. The number of piperidine rings is 1. The molecule has 0 N–H and O–H groups in total. The molecule has 1 saturated heterocycles. The fourth-order valence-corrected chi connectivity index (χ4v) is 4.18. The summed E-state index contributed by atoms with van der Waals surface area (Å²) in [7, 11) is 2.22. The van der Waals surface area contributed by atoms with E-state index in [1.165, 1.54) is 44.3 Å². The van der Waals surface area contributed by atoms with Crippen molar-refractivity contribution in [3.05, 3.63) is 59.4 Å². The number of ether oxygens (including phenoxy) is 1. The molecule has 1 fully saturated rings. The smallest absolute Gasteiger partial charge is 0.147 e. The van der Waals surface area contributed by atoms with Crippen LogP contribution in [0.25, 0.3) is 11.0 Å². The number of hydrogen-bond acceptors (Lipinski definition) is 3. The maximum absolute atomic E-state index is 5.98. The highest BCUT2D eigenvalue weighted by molar-refractivity contribution is 6.30. The highest BCUT2D eigenvalue weighted by atomic mass is 35.5. The van der Waals surface area contributed by atoms with Crippen molar-refractivity contribution in [2.24, 2.45) is 5.92 Å². The van der Waals surface area contributed by atoms with Crippen molar-refractivity contribution in [3.63, 3.8) is 0 Å². The lowest BCUT2D eigenvalue weighted by Gasteiger charge is -2.28. The third-order valence-corrected chi connectivity index (χ3v) is 6.00. The average molecular weight is 398 g/mol. The molecule has 0 amide bonds. The molecule has 0 radical (unpaired) electrons. The number of imidazole rings is 1. The Hall–Kier alpha value is -2.04. The Balaban J connectivity index is 1.43. The molecule has 1 aromatic heterocycles. The second kappa shape index (κ2) is 8.97. The van der Waals surface area contributed by atoms with Crippen LogP contribution in [0.2, 0.25) is 5.02 Å². The Morgan fingerprint density at radius 2 is 1.82 bits per heavy atom. The first kappa shape index (κ1) is 19.3. The van der Waals surface area contributed by atoms with E-state index in [1.54, 1.807) is 0 Å². The molecule has 148 valence electrons. The van der Waals surface area contributed by atoms with Gasteiger partial charge < -0.3 is 14.2 Å². The van der Waals surface area contributed by atoms with E-state index in [2.05, 4.69) is 34.7 Å². The molecule has 0 saturated carbocycles. The largest absolute Gasteiger partial charge is 0.486 e. The van der Waals surface area contributed by atoms with Crippen molar-refractivity contribution < 1.29 is 4.74 Å². The molecule has 4 nitrogen and oxygen atoms in total. The van der Waals surface area contributed by atoms with Gasteiger partial charge in [-0.3, -0.25) is 0 Å². The van der Waals surface area contributed by atoms with Gasteiger partial charge in [0, 0.05) is 11.6 Å². The lowest BCUT2D eigenvalue weighted by Crippen LogP contribution is -2.30. The number of rotatable bonds is 7. The Bertz CT molecular complexity index is 898. The van der Waals surface area contributed by atoms with Crippen LogP contribution in [0.5, 0.6) is 5.75 Å². The maximum Gasteiger partial charge on any atom is 0.147 e. The van der Waals surface area contributed by atoms with Gasteiger partial charge in [-0.25, -0.2) is 4.98 Å².